The molecule has 0 heterocycles. The summed E-state index contributed by atoms with van der Waals surface area (Å²) < 4.78 is 5.55. The zero-order valence-electron chi connectivity index (χ0n) is 16.8. The van der Waals surface area contributed by atoms with Crippen molar-refractivity contribution in [3.63, 3.8) is 0 Å². The Balaban J connectivity index is 1.64. The Morgan fingerprint density at radius 3 is 2.32 bits per heavy atom. The zero-order valence-corrected chi connectivity index (χ0v) is 16.8. The fourth-order valence-electron chi connectivity index (χ4n) is 2.64. The van der Waals surface area contributed by atoms with Crippen molar-refractivity contribution in [2.45, 2.75) is 26.4 Å². The Hall–Kier alpha value is -3.02. The molecule has 0 saturated carbocycles. The van der Waals surface area contributed by atoms with E-state index in [9.17, 15) is 9.59 Å². The normalized spacial score (nSPS) is 10.4. The predicted octanol–water partition coefficient (Wildman–Crippen LogP) is 2.85. The van der Waals surface area contributed by atoms with Crippen LogP contribution in [0.15, 0.2) is 54.6 Å². The van der Waals surface area contributed by atoms with E-state index < -0.39 is 0 Å². The smallest absolute Gasteiger partial charge is 0.251 e. The molecule has 0 aliphatic heterocycles. The number of ether oxygens (including phenoxy) is 1. The monoisotopic (exact) mass is 383 g/mol. The van der Waals surface area contributed by atoms with E-state index in [1.54, 1.807) is 24.3 Å². The third kappa shape index (κ3) is 7.31. The van der Waals surface area contributed by atoms with Crippen LogP contribution in [0.4, 0.5) is 5.69 Å². The maximum absolute atomic E-state index is 12.1. The van der Waals surface area contributed by atoms with E-state index in [1.165, 1.54) is 0 Å². The van der Waals surface area contributed by atoms with Crippen molar-refractivity contribution >= 4 is 17.5 Å². The highest BCUT2D eigenvalue weighted by Crippen LogP contribution is 2.13. The maximum atomic E-state index is 12.1. The highest BCUT2D eigenvalue weighted by molar-refractivity contribution is 5.96. The van der Waals surface area contributed by atoms with Gasteiger partial charge in [0.2, 0.25) is 5.91 Å². The molecule has 0 radical (unpaired) electrons. The molecule has 2 aromatic carbocycles. The van der Waals surface area contributed by atoms with Gasteiger partial charge in [0, 0.05) is 31.4 Å². The Labute approximate surface area is 166 Å². The van der Waals surface area contributed by atoms with Crippen LogP contribution in [-0.4, -0.2) is 44.6 Å². The van der Waals surface area contributed by atoms with Gasteiger partial charge >= 0.3 is 0 Å². The van der Waals surface area contributed by atoms with Crippen LogP contribution in [0.2, 0.25) is 0 Å². The fraction of sp³-hybridized carbons (Fsp3) is 0.364. The molecular weight excluding hydrogens is 354 g/mol. The van der Waals surface area contributed by atoms with Gasteiger partial charge in [-0.05, 0) is 56.7 Å². The van der Waals surface area contributed by atoms with Crippen LogP contribution in [0.3, 0.4) is 0 Å². The van der Waals surface area contributed by atoms with Crippen molar-refractivity contribution in [1.29, 1.82) is 0 Å². The third-order valence-electron chi connectivity index (χ3n) is 4.09. The summed E-state index contributed by atoms with van der Waals surface area (Å²) in [7, 11) is 2.02. The Kier molecular flexibility index (Phi) is 8.34. The third-order valence-corrected chi connectivity index (χ3v) is 4.09. The topological polar surface area (TPSA) is 70.7 Å². The number of para-hydroxylation sites is 1. The van der Waals surface area contributed by atoms with E-state index in [-0.39, 0.29) is 24.5 Å². The van der Waals surface area contributed by atoms with Crippen LogP contribution in [0, 0.1) is 0 Å². The number of carbonyl (C=O) groups is 2. The molecule has 6 heteroatoms. The van der Waals surface area contributed by atoms with Crippen molar-refractivity contribution in [3.05, 3.63) is 60.2 Å². The lowest BCUT2D eigenvalue weighted by molar-refractivity contribution is -0.120. The number of benzene rings is 2. The average Bonchev–Trinajstić information content (AvgIpc) is 2.70. The summed E-state index contributed by atoms with van der Waals surface area (Å²) in [6, 6.07) is 17.0. The average molecular weight is 383 g/mol. The van der Waals surface area contributed by atoms with Crippen molar-refractivity contribution in [2.75, 3.05) is 31.6 Å². The Morgan fingerprint density at radius 2 is 1.68 bits per heavy atom. The molecule has 2 rings (SSSR count). The van der Waals surface area contributed by atoms with E-state index in [2.05, 4.69) is 27.7 Å². The molecule has 150 valence electrons. The quantitative estimate of drug-likeness (QED) is 0.619. The predicted molar refractivity (Wildman–Crippen MR) is 112 cm³/mol. The highest BCUT2D eigenvalue weighted by atomic mass is 16.5. The van der Waals surface area contributed by atoms with Gasteiger partial charge in [0.1, 0.15) is 5.75 Å². The molecule has 0 aliphatic rings. The lowest BCUT2D eigenvalue weighted by Crippen LogP contribution is -2.37. The number of nitrogens with one attached hydrogen (secondary N) is 2. The molecule has 2 aromatic rings. The molecule has 0 atom stereocenters. The minimum absolute atomic E-state index is 0.0440. The van der Waals surface area contributed by atoms with Crippen LogP contribution in [0.25, 0.3) is 0 Å². The summed E-state index contributed by atoms with van der Waals surface area (Å²) >= 11 is 0. The molecule has 0 spiro atoms. The van der Waals surface area contributed by atoms with Gasteiger partial charge < -0.3 is 20.3 Å². The number of amides is 2. The number of hydrogen-bond donors (Lipinski definition) is 2. The molecule has 2 amide bonds. The van der Waals surface area contributed by atoms with Gasteiger partial charge in [-0.3, -0.25) is 9.59 Å². The van der Waals surface area contributed by atoms with Gasteiger partial charge in [0.05, 0.1) is 12.6 Å². The summed E-state index contributed by atoms with van der Waals surface area (Å²) in [6.07, 6.45) is 0.901. The molecule has 28 heavy (non-hydrogen) atoms. The first-order chi connectivity index (χ1) is 13.5. The fourth-order valence-corrected chi connectivity index (χ4v) is 2.64. The summed E-state index contributed by atoms with van der Waals surface area (Å²) in [6.45, 7) is 5.24. The molecule has 0 fully saturated rings. The maximum Gasteiger partial charge on any atom is 0.251 e. The Bertz CT molecular complexity index is 745. The summed E-state index contributed by atoms with van der Waals surface area (Å²) in [5.41, 5.74) is 1.64. The van der Waals surface area contributed by atoms with Crippen LogP contribution in [-0.2, 0) is 4.79 Å². The van der Waals surface area contributed by atoms with Gasteiger partial charge in [0.15, 0.2) is 0 Å². The first-order valence-electron chi connectivity index (χ1n) is 9.53. The highest BCUT2D eigenvalue weighted by Gasteiger charge is 2.08. The number of anilines is 1. The number of carbonyl (C=O) groups excluding carboxylic acids is 2. The van der Waals surface area contributed by atoms with Crippen molar-refractivity contribution in [2.24, 2.45) is 0 Å². The van der Waals surface area contributed by atoms with Gasteiger partial charge in [-0.15, -0.1) is 0 Å². The zero-order chi connectivity index (χ0) is 20.4. The molecule has 0 aliphatic carbocycles. The van der Waals surface area contributed by atoms with Gasteiger partial charge in [-0.1, -0.05) is 18.2 Å². The van der Waals surface area contributed by atoms with E-state index in [4.69, 9.17) is 4.74 Å². The van der Waals surface area contributed by atoms with E-state index in [0.717, 1.165) is 18.7 Å². The summed E-state index contributed by atoms with van der Waals surface area (Å²) in [5, 5.41) is 5.46. The number of rotatable bonds is 10. The van der Waals surface area contributed by atoms with Crippen LogP contribution in [0.1, 0.15) is 30.6 Å². The Morgan fingerprint density at radius 1 is 1.00 bits per heavy atom. The SMILES string of the molecule is CC(C)Oc1ccc(C(=O)NCC(=O)NCCCN(C)c2ccccc2)cc1. The first-order valence-corrected chi connectivity index (χ1v) is 9.53. The molecule has 0 aromatic heterocycles. The molecule has 2 N–H and O–H groups in total. The first kappa shape index (κ1) is 21.3. The summed E-state index contributed by atoms with van der Waals surface area (Å²) in [5.74, 6) is 0.232. The minimum atomic E-state index is -0.282. The van der Waals surface area contributed by atoms with Crippen molar-refractivity contribution in [1.82, 2.24) is 10.6 Å². The second-order valence-electron chi connectivity index (χ2n) is 6.83. The number of nitrogens with zero attached hydrogens (tertiary/aromatic N) is 1. The van der Waals surface area contributed by atoms with Gasteiger partial charge in [-0.2, -0.15) is 0 Å². The lowest BCUT2D eigenvalue weighted by Gasteiger charge is -2.19. The van der Waals surface area contributed by atoms with Crippen molar-refractivity contribution < 1.29 is 14.3 Å². The molecular formula is C22H29N3O3. The van der Waals surface area contributed by atoms with Gasteiger partial charge in [-0.25, -0.2) is 0 Å². The molecule has 0 bridgehead atoms. The lowest BCUT2D eigenvalue weighted by atomic mass is 10.2. The molecule has 0 saturated heterocycles. The molecule has 6 nitrogen and oxygen atoms in total. The van der Waals surface area contributed by atoms with Gasteiger partial charge in [0.25, 0.3) is 5.91 Å². The second kappa shape index (κ2) is 11.0. The largest absolute Gasteiger partial charge is 0.491 e. The van der Waals surface area contributed by atoms with Crippen LogP contribution in [0.5, 0.6) is 5.75 Å². The van der Waals surface area contributed by atoms with Crippen LogP contribution < -0.4 is 20.3 Å². The van der Waals surface area contributed by atoms with E-state index >= 15 is 0 Å². The standard InChI is InChI=1S/C22H29N3O3/c1-17(2)28-20-12-10-18(11-13-20)22(27)24-16-21(26)23-14-7-15-25(3)19-8-5-4-6-9-19/h4-6,8-13,17H,7,14-16H2,1-3H3,(H,23,26)(H,24,27). The minimum Gasteiger partial charge on any atom is -0.491 e. The van der Waals surface area contributed by atoms with Crippen molar-refractivity contribution in [3.8, 4) is 5.75 Å². The second-order valence-corrected chi connectivity index (χ2v) is 6.83. The molecule has 0 unspecified atom stereocenters. The number of hydrogen-bond acceptors (Lipinski definition) is 4. The van der Waals surface area contributed by atoms with E-state index in [0.29, 0.717) is 17.9 Å². The summed E-state index contributed by atoms with van der Waals surface area (Å²) in [4.78, 5) is 26.2. The van der Waals surface area contributed by atoms with E-state index in [1.807, 2.05) is 39.1 Å². The van der Waals surface area contributed by atoms with Crippen LogP contribution >= 0.6 is 0 Å².